The minimum absolute atomic E-state index is 0.432. The highest BCUT2D eigenvalue weighted by molar-refractivity contribution is 6.33. The van der Waals surface area contributed by atoms with E-state index in [-0.39, 0.29) is 0 Å². The Morgan fingerprint density at radius 2 is 2.00 bits per heavy atom. The van der Waals surface area contributed by atoms with E-state index in [2.05, 4.69) is 0 Å². The molecule has 5 heteroatoms. The predicted molar refractivity (Wildman–Crippen MR) is 53.7 cm³/mol. The Kier molecular flexibility index (Phi) is 2.19. The number of aromatic nitrogens is 1. The SMILES string of the molecule is Cn1c(OB(O)O)cc2ccccc21. The maximum absolute atomic E-state index is 8.68. The number of rotatable bonds is 2. The van der Waals surface area contributed by atoms with Crippen molar-refractivity contribution in [2.75, 3.05) is 0 Å². The molecule has 0 amide bonds. The largest absolute Gasteiger partial charge is 0.708 e. The molecule has 4 nitrogen and oxygen atoms in total. The lowest BCUT2D eigenvalue weighted by Crippen LogP contribution is -2.21. The van der Waals surface area contributed by atoms with Gasteiger partial charge < -0.3 is 19.3 Å². The van der Waals surface area contributed by atoms with Crippen LogP contribution in [-0.4, -0.2) is 21.9 Å². The van der Waals surface area contributed by atoms with Crippen LogP contribution in [0.3, 0.4) is 0 Å². The monoisotopic (exact) mass is 191 g/mol. The topological polar surface area (TPSA) is 54.6 Å². The van der Waals surface area contributed by atoms with Gasteiger partial charge in [0.15, 0.2) is 5.88 Å². The van der Waals surface area contributed by atoms with Crippen LogP contribution < -0.4 is 4.65 Å². The van der Waals surface area contributed by atoms with Gasteiger partial charge in [-0.05, 0) is 6.07 Å². The third kappa shape index (κ3) is 1.47. The van der Waals surface area contributed by atoms with Crippen molar-refractivity contribution in [3.63, 3.8) is 0 Å². The maximum atomic E-state index is 8.68. The first-order valence-electron chi connectivity index (χ1n) is 4.26. The molecule has 0 saturated heterocycles. The van der Waals surface area contributed by atoms with E-state index in [1.165, 1.54) is 0 Å². The fraction of sp³-hybridized carbons (Fsp3) is 0.111. The van der Waals surface area contributed by atoms with Gasteiger partial charge in [0.25, 0.3) is 0 Å². The molecule has 14 heavy (non-hydrogen) atoms. The van der Waals surface area contributed by atoms with Crippen LogP contribution in [0, 0.1) is 0 Å². The van der Waals surface area contributed by atoms with E-state index in [1.807, 2.05) is 24.3 Å². The fourth-order valence-electron chi connectivity index (χ4n) is 1.48. The minimum Gasteiger partial charge on any atom is -0.499 e. The van der Waals surface area contributed by atoms with Crippen molar-refractivity contribution in [1.29, 1.82) is 0 Å². The molecule has 0 radical (unpaired) electrons. The van der Waals surface area contributed by atoms with Crippen LogP contribution in [0.4, 0.5) is 0 Å². The van der Waals surface area contributed by atoms with Crippen LogP contribution in [0.2, 0.25) is 0 Å². The van der Waals surface area contributed by atoms with E-state index in [0.717, 1.165) is 10.9 Å². The Morgan fingerprint density at radius 3 is 2.64 bits per heavy atom. The quantitative estimate of drug-likeness (QED) is 0.680. The number of benzene rings is 1. The second-order valence-corrected chi connectivity index (χ2v) is 3.04. The van der Waals surface area contributed by atoms with Crippen molar-refractivity contribution in [2.24, 2.45) is 7.05 Å². The molecule has 0 aliphatic heterocycles. The minimum atomic E-state index is -1.78. The lowest BCUT2D eigenvalue weighted by atomic mass is 10.2. The summed E-state index contributed by atoms with van der Waals surface area (Å²) in [6.45, 7) is 0. The predicted octanol–water partition coefficient (Wildman–Crippen LogP) is 0.527. The second-order valence-electron chi connectivity index (χ2n) is 3.04. The highest BCUT2D eigenvalue weighted by atomic mass is 16.6. The third-order valence-corrected chi connectivity index (χ3v) is 2.13. The normalized spacial score (nSPS) is 10.5. The summed E-state index contributed by atoms with van der Waals surface area (Å²) in [6.07, 6.45) is 0. The summed E-state index contributed by atoms with van der Waals surface area (Å²) in [5, 5.41) is 18.4. The lowest BCUT2D eigenvalue weighted by Gasteiger charge is -2.05. The number of nitrogens with zero attached hydrogens (tertiary/aromatic N) is 1. The molecule has 1 aromatic carbocycles. The fourth-order valence-corrected chi connectivity index (χ4v) is 1.48. The number of hydrogen-bond donors (Lipinski definition) is 2. The molecule has 1 aromatic heterocycles. The van der Waals surface area contributed by atoms with Crippen molar-refractivity contribution >= 4 is 18.2 Å². The molecule has 0 fully saturated rings. The Balaban J connectivity index is 2.51. The highest BCUT2D eigenvalue weighted by Gasteiger charge is 2.14. The maximum Gasteiger partial charge on any atom is 0.708 e. The average molecular weight is 191 g/mol. The molecule has 2 rings (SSSR count). The summed E-state index contributed by atoms with van der Waals surface area (Å²) in [5.41, 5.74) is 0.989. The van der Waals surface area contributed by atoms with Gasteiger partial charge in [0.2, 0.25) is 0 Å². The molecule has 72 valence electrons. The van der Waals surface area contributed by atoms with Crippen LogP contribution in [0.1, 0.15) is 0 Å². The van der Waals surface area contributed by atoms with Crippen LogP contribution in [0.25, 0.3) is 10.9 Å². The molecular weight excluding hydrogens is 181 g/mol. The van der Waals surface area contributed by atoms with Gasteiger partial charge in [-0.15, -0.1) is 0 Å². The van der Waals surface area contributed by atoms with Crippen LogP contribution in [0.5, 0.6) is 5.88 Å². The Bertz CT molecular complexity index is 452. The van der Waals surface area contributed by atoms with Crippen molar-refractivity contribution in [3.8, 4) is 5.88 Å². The van der Waals surface area contributed by atoms with Crippen LogP contribution >= 0.6 is 0 Å². The Hall–Kier alpha value is -1.46. The molecule has 0 bridgehead atoms. The number of para-hydroxylation sites is 1. The zero-order valence-corrected chi connectivity index (χ0v) is 7.71. The van der Waals surface area contributed by atoms with Gasteiger partial charge in [-0.1, -0.05) is 18.2 Å². The zero-order chi connectivity index (χ0) is 10.1. The van der Waals surface area contributed by atoms with E-state index in [4.69, 9.17) is 14.7 Å². The van der Waals surface area contributed by atoms with Gasteiger partial charge in [-0.3, -0.25) is 0 Å². The number of fused-ring (bicyclic) bond motifs is 1. The summed E-state index contributed by atoms with van der Waals surface area (Å²) in [7, 11) is 0.0260. The van der Waals surface area contributed by atoms with Crippen molar-refractivity contribution in [3.05, 3.63) is 30.3 Å². The molecule has 1 heterocycles. The average Bonchev–Trinajstić information content (AvgIpc) is 2.44. The smallest absolute Gasteiger partial charge is 0.499 e. The van der Waals surface area contributed by atoms with E-state index in [0.29, 0.717) is 5.88 Å². The summed E-state index contributed by atoms with van der Waals surface area (Å²) < 4.78 is 6.56. The van der Waals surface area contributed by atoms with Gasteiger partial charge in [0, 0.05) is 18.5 Å². The first-order chi connectivity index (χ1) is 6.68. The number of aryl methyl sites for hydroxylation is 1. The van der Waals surface area contributed by atoms with E-state index in [9.17, 15) is 0 Å². The van der Waals surface area contributed by atoms with E-state index in [1.54, 1.807) is 17.7 Å². The first kappa shape index (κ1) is 9.11. The summed E-state index contributed by atoms with van der Waals surface area (Å²) in [5.74, 6) is 0.432. The molecule has 0 atom stereocenters. The summed E-state index contributed by atoms with van der Waals surface area (Å²) in [4.78, 5) is 0. The van der Waals surface area contributed by atoms with Gasteiger partial charge in [-0.2, -0.15) is 0 Å². The second kappa shape index (κ2) is 3.36. The highest BCUT2D eigenvalue weighted by Crippen LogP contribution is 2.23. The van der Waals surface area contributed by atoms with Crippen molar-refractivity contribution in [1.82, 2.24) is 4.57 Å². The van der Waals surface area contributed by atoms with Crippen molar-refractivity contribution < 1.29 is 14.7 Å². The van der Waals surface area contributed by atoms with Crippen molar-refractivity contribution in [2.45, 2.75) is 0 Å². The Morgan fingerprint density at radius 1 is 1.29 bits per heavy atom. The standard InChI is InChI=1S/C9H10BNO3/c1-11-8-5-3-2-4-7(8)6-9(11)14-10(12)13/h2-6,12-13H,1H3. The van der Waals surface area contributed by atoms with Gasteiger partial charge >= 0.3 is 7.32 Å². The molecule has 0 saturated carbocycles. The van der Waals surface area contributed by atoms with Crippen LogP contribution in [-0.2, 0) is 7.05 Å². The van der Waals surface area contributed by atoms with Gasteiger partial charge in [0.1, 0.15) is 0 Å². The van der Waals surface area contributed by atoms with E-state index >= 15 is 0 Å². The molecular formula is C9H10BNO3. The summed E-state index contributed by atoms with van der Waals surface area (Å²) >= 11 is 0. The molecule has 0 spiro atoms. The molecule has 0 unspecified atom stereocenters. The van der Waals surface area contributed by atoms with Crippen LogP contribution in [0.15, 0.2) is 30.3 Å². The molecule has 0 aliphatic carbocycles. The first-order valence-corrected chi connectivity index (χ1v) is 4.26. The molecule has 2 aromatic rings. The van der Waals surface area contributed by atoms with Gasteiger partial charge in [0.05, 0.1) is 5.52 Å². The zero-order valence-electron chi connectivity index (χ0n) is 7.71. The summed E-state index contributed by atoms with van der Waals surface area (Å²) in [6, 6.07) is 9.47. The number of hydrogen-bond acceptors (Lipinski definition) is 3. The molecule has 0 aliphatic rings. The lowest BCUT2D eigenvalue weighted by molar-refractivity contribution is 0.279. The third-order valence-electron chi connectivity index (χ3n) is 2.13. The van der Waals surface area contributed by atoms with E-state index < -0.39 is 7.32 Å². The Labute approximate surface area is 81.5 Å². The van der Waals surface area contributed by atoms with Gasteiger partial charge in [-0.25, -0.2) is 0 Å². The molecule has 2 N–H and O–H groups in total.